The molecule has 0 fully saturated rings. The summed E-state index contributed by atoms with van der Waals surface area (Å²) in [6.45, 7) is 2.78. The van der Waals surface area contributed by atoms with E-state index >= 15 is 0 Å². The number of carbonyl (C=O) groups excluding carboxylic acids is 1. The summed E-state index contributed by atoms with van der Waals surface area (Å²) in [6.07, 6.45) is 0.708. The van der Waals surface area contributed by atoms with E-state index in [1.165, 1.54) is 0 Å². The number of aromatic nitrogens is 1. The lowest BCUT2D eigenvalue weighted by molar-refractivity contribution is -0.117. The van der Waals surface area contributed by atoms with Crippen LogP contribution in [0.3, 0.4) is 0 Å². The first-order chi connectivity index (χ1) is 18.6. The molecule has 0 unspecified atom stereocenters. The van der Waals surface area contributed by atoms with Crippen LogP contribution in [0.15, 0.2) is 97.1 Å². The Hall–Kier alpha value is -4.82. The maximum absolute atomic E-state index is 12.8. The molecule has 0 spiro atoms. The minimum Gasteiger partial charge on any atom is -0.497 e. The Kier molecular flexibility index (Phi) is 7.24. The minimum absolute atomic E-state index is 0.141. The summed E-state index contributed by atoms with van der Waals surface area (Å²) in [5, 5.41) is 10.9. The summed E-state index contributed by atoms with van der Waals surface area (Å²) in [7, 11) is 1.64. The molecule has 0 aliphatic rings. The van der Waals surface area contributed by atoms with Crippen LogP contribution in [0.2, 0.25) is 0 Å². The maximum Gasteiger partial charge on any atom is 0.141 e. The number of hydrogen-bond donors (Lipinski definition) is 0. The summed E-state index contributed by atoms with van der Waals surface area (Å²) >= 11 is 0. The summed E-state index contributed by atoms with van der Waals surface area (Å²) in [5.41, 5.74) is 5.35. The highest BCUT2D eigenvalue weighted by atomic mass is 16.5. The Balaban J connectivity index is 1.29. The fraction of sp³-hybridized carbons (Fsp3) is 0.152. The minimum atomic E-state index is 0.141. The number of carbonyl (C=O) groups is 1. The van der Waals surface area contributed by atoms with Gasteiger partial charge in [-0.2, -0.15) is 5.26 Å². The van der Waals surface area contributed by atoms with Crippen molar-refractivity contribution in [2.75, 3.05) is 7.11 Å². The summed E-state index contributed by atoms with van der Waals surface area (Å²) in [6, 6.07) is 33.4. The number of hydrogen-bond acceptors (Lipinski definition) is 4. The number of Topliss-reactive ketones (excluding diaryl/α,β-unsaturated/α-hetero) is 1. The van der Waals surface area contributed by atoms with Crippen LogP contribution in [0, 0.1) is 11.3 Å². The van der Waals surface area contributed by atoms with E-state index < -0.39 is 0 Å². The number of aryl methyl sites for hydroxylation is 1. The Morgan fingerprint density at radius 3 is 2.03 bits per heavy atom. The van der Waals surface area contributed by atoms with E-state index in [-0.39, 0.29) is 5.78 Å². The van der Waals surface area contributed by atoms with Gasteiger partial charge >= 0.3 is 0 Å². The van der Waals surface area contributed by atoms with E-state index in [1.807, 2.05) is 97.1 Å². The van der Waals surface area contributed by atoms with Crippen molar-refractivity contribution in [1.82, 2.24) is 4.57 Å². The van der Waals surface area contributed by atoms with Crippen LogP contribution in [-0.4, -0.2) is 17.5 Å². The zero-order chi connectivity index (χ0) is 26.5. The highest BCUT2D eigenvalue weighted by molar-refractivity contribution is 5.95. The van der Waals surface area contributed by atoms with Gasteiger partial charge in [0.2, 0.25) is 0 Å². The van der Waals surface area contributed by atoms with E-state index in [9.17, 15) is 10.1 Å². The molecule has 0 saturated heterocycles. The molecule has 0 saturated carbocycles. The zero-order valence-electron chi connectivity index (χ0n) is 21.5. The highest BCUT2D eigenvalue weighted by Gasteiger charge is 2.18. The van der Waals surface area contributed by atoms with Crippen LogP contribution >= 0.6 is 0 Å². The summed E-state index contributed by atoms with van der Waals surface area (Å²) < 4.78 is 13.4. The lowest BCUT2D eigenvalue weighted by Crippen LogP contribution is -2.06. The number of ether oxygens (including phenoxy) is 2. The van der Waals surface area contributed by atoms with Gasteiger partial charge in [-0.05, 0) is 60.0 Å². The molecule has 5 rings (SSSR count). The van der Waals surface area contributed by atoms with Gasteiger partial charge in [0.1, 0.15) is 29.1 Å². The van der Waals surface area contributed by atoms with Crippen molar-refractivity contribution in [1.29, 1.82) is 5.26 Å². The first-order valence-electron chi connectivity index (χ1n) is 12.6. The number of methoxy groups -OCH3 is 1. The fourth-order valence-corrected chi connectivity index (χ4v) is 4.80. The van der Waals surface area contributed by atoms with E-state index in [0.717, 1.165) is 57.1 Å². The fourth-order valence-electron chi connectivity index (χ4n) is 4.80. The van der Waals surface area contributed by atoms with Crippen LogP contribution in [0.25, 0.3) is 22.2 Å². The molecular weight excluding hydrogens is 472 g/mol. The Morgan fingerprint density at radius 1 is 0.816 bits per heavy atom. The van der Waals surface area contributed by atoms with Gasteiger partial charge in [-0.1, -0.05) is 54.6 Å². The van der Waals surface area contributed by atoms with Crippen LogP contribution < -0.4 is 9.47 Å². The maximum atomic E-state index is 12.8. The second-order valence-electron chi connectivity index (χ2n) is 9.11. The van der Waals surface area contributed by atoms with E-state index in [1.54, 1.807) is 7.11 Å². The molecule has 5 heteroatoms. The lowest BCUT2D eigenvalue weighted by atomic mass is 10.00. The van der Waals surface area contributed by atoms with Crippen molar-refractivity contribution in [2.24, 2.45) is 0 Å². The molecule has 5 aromatic rings. The van der Waals surface area contributed by atoms with E-state index in [0.29, 0.717) is 18.4 Å². The van der Waals surface area contributed by atoms with Gasteiger partial charge in [-0.25, -0.2) is 0 Å². The predicted octanol–water partition coefficient (Wildman–Crippen LogP) is 7.36. The molecule has 0 aliphatic heterocycles. The Morgan fingerprint density at radius 2 is 1.42 bits per heavy atom. The van der Waals surface area contributed by atoms with E-state index in [2.05, 4.69) is 17.6 Å². The predicted molar refractivity (Wildman–Crippen MR) is 150 cm³/mol. The standard InChI is InChI=1S/C33H28N2O3/c1-3-35-32-21-29(37-2)17-18-30(32)31(22-34)33(35)25-13-9-23(10-14-25)19-26(36)20-24-11-15-28(16-12-24)38-27-7-5-4-6-8-27/h4-18,21H,3,19-20H2,1-2H3. The third-order valence-corrected chi connectivity index (χ3v) is 6.63. The van der Waals surface area contributed by atoms with Crippen molar-refractivity contribution in [3.05, 3.63) is 114 Å². The largest absolute Gasteiger partial charge is 0.497 e. The average Bonchev–Trinajstić information content (AvgIpc) is 3.27. The smallest absolute Gasteiger partial charge is 0.141 e. The molecule has 0 radical (unpaired) electrons. The van der Waals surface area contributed by atoms with Crippen LogP contribution in [0.1, 0.15) is 23.6 Å². The first-order valence-corrected chi connectivity index (χ1v) is 12.6. The van der Waals surface area contributed by atoms with Crippen LogP contribution in [0.4, 0.5) is 0 Å². The molecule has 0 aliphatic carbocycles. The van der Waals surface area contributed by atoms with Crippen LogP contribution in [-0.2, 0) is 24.2 Å². The molecule has 0 bridgehead atoms. The monoisotopic (exact) mass is 500 g/mol. The molecule has 4 aromatic carbocycles. The van der Waals surface area contributed by atoms with Crippen molar-refractivity contribution >= 4 is 16.7 Å². The molecule has 0 amide bonds. The third kappa shape index (κ3) is 5.16. The van der Waals surface area contributed by atoms with E-state index in [4.69, 9.17) is 9.47 Å². The number of ketones is 1. The Labute approximate surface area is 222 Å². The van der Waals surface area contributed by atoms with Crippen LogP contribution in [0.5, 0.6) is 17.2 Å². The number of rotatable bonds is 9. The second kappa shape index (κ2) is 11.1. The molecule has 1 heterocycles. The van der Waals surface area contributed by atoms with Gasteiger partial charge in [-0.15, -0.1) is 0 Å². The highest BCUT2D eigenvalue weighted by Crippen LogP contribution is 2.35. The zero-order valence-corrected chi connectivity index (χ0v) is 21.5. The number of nitrogens with zero attached hydrogens (tertiary/aromatic N) is 2. The van der Waals surface area contributed by atoms with Gasteiger partial charge in [0.25, 0.3) is 0 Å². The average molecular weight is 501 g/mol. The first kappa shape index (κ1) is 24.9. The molecule has 0 atom stereocenters. The number of nitriles is 1. The van der Waals surface area contributed by atoms with Gasteiger partial charge < -0.3 is 14.0 Å². The molecule has 5 nitrogen and oxygen atoms in total. The lowest BCUT2D eigenvalue weighted by Gasteiger charge is -2.10. The third-order valence-electron chi connectivity index (χ3n) is 6.63. The normalized spacial score (nSPS) is 10.8. The van der Waals surface area contributed by atoms with Gasteiger partial charge in [0, 0.05) is 30.8 Å². The van der Waals surface area contributed by atoms with Crippen molar-refractivity contribution in [2.45, 2.75) is 26.3 Å². The van der Waals surface area contributed by atoms with Gasteiger partial charge in [0.05, 0.1) is 23.9 Å². The molecule has 38 heavy (non-hydrogen) atoms. The van der Waals surface area contributed by atoms with Crippen molar-refractivity contribution in [3.63, 3.8) is 0 Å². The Bertz CT molecular complexity index is 1610. The number of para-hydroxylation sites is 1. The summed E-state index contributed by atoms with van der Waals surface area (Å²) in [4.78, 5) is 12.8. The SMILES string of the molecule is CCn1c(-c2ccc(CC(=O)Cc3ccc(Oc4ccccc4)cc3)cc2)c(C#N)c2ccc(OC)cc21. The second-order valence-corrected chi connectivity index (χ2v) is 9.11. The molecular formula is C33H28N2O3. The number of fused-ring (bicyclic) bond motifs is 1. The molecule has 188 valence electrons. The summed E-state index contributed by atoms with van der Waals surface area (Å²) in [5.74, 6) is 2.42. The van der Waals surface area contributed by atoms with Crippen molar-refractivity contribution < 1.29 is 14.3 Å². The molecule has 0 N–H and O–H groups in total. The molecule has 1 aromatic heterocycles. The van der Waals surface area contributed by atoms with Gasteiger partial charge in [0.15, 0.2) is 0 Å². The van der Waals surface area contributed by atoms with Gasteiger partial charge in [-0.3, -0.25) is 4.79 Å². The quantitative estimate of drug-likeness (QED) is 0.212. The topological polar surface area (TPSA) is 64.2 Å². The van der Waals surface area contributed by atoms with Crippen molar-refractivity contribution in [3.8, 4) is 34.6 Å². The number of benzene rings is 4.